The smallest absolute Gasteiger partial charge is 0.309 e. The lowest BCUT2D eigenvalue weighted by molar-refractivity contribution is -0.221. The molecule has 0 heterocycles. The van der Waals surface area contributed by atoms with Gasteiger partial charge in [-0.2, -0.15) is 0 Å². The van der Waals surface area contributed by atoms with Crippen molar-refractivity contribution in [1.29, 1.82) is 0 Å². The van der Waals surface area contributed by atoms with E-state index < -0.39 is 11.4 Å². The second-order valence-electron chi connectivity index (χ2n) is 10.7. The Bertz CT molecular complexity index is 754. The van der Waals surface area contributed by atoms with Gasteiger partial charge in [-0.3, -0.25) is 9.59 Å². The molecule has 4 heteroatoms. The van der Waals surface area contributed by atoms with E-state index >= 15 is 0 Å². The second kappa shape index (κ2) is 7.08. The number of fused-ring (bicyclic) bond motifs is 3. The van der Waals surface area contributed by atoms with Gasteiger partial charge in [-0.25, -0.2) is 0 Å². The molecule has 4 fully saturated rings. The van der Waals surface area contributed by atoms with Gasteiger partial charge >= 0.3 is 5.97 Å². The first-order valence-electron chi connectivity index (χ1n) is 11.4. The Morgan fingerprint density at radius 3 is 2.62 bits per heavy atom. The fraction of sp³-hybridized carbons (Fsp3) is 0.760. The third-order valence-electron chi connectivity index (χ3n) is 9.44. The summed E-state index contributed by atoms with van der Waals surface area (Å²) in [6.45, 7) is 10.6. The third kappa shape index (κ3) is 2.97. The van der Waals surface area contributed by atoms with Crippen molar-refractivity contribution >= 4 is 11.8 Å². The highest BCUT2D eigenvalue weighted by Crippen LogP contribution is 2.72. The Morgan fingerprint density at radius 1 is 1.17 bits per heavy atom. The lowest BCUT2D eigenvalue weighted by atomic mass is 9.40. The molecule has 4 saturated carbocycles. The molecule has 0 aliphatic heterocycles. The summed E-state index contributed by atoms with van der Waals surface area (Å²) < 4.78 is 6.31. The molecule has 2 bridgehead atoms. The Labute approximate surface area is 174 Å². The van der Waals surface area contributed by atoms with Crippen LogP contribution >= 0.6 is 0 Å². The fourth-order valence-corrected chi connectivity index (χ4v) is 8.18. The summed E-state index contributed by atoms with van der Waals surface area (Å²) in [4.78, 5) is 24.5. The van der Waals surface area contributed by atoms with E-state index in [9.17, 15) is 14.7 Å². The fourth-order valence-electron chi connectivity index (χ4n) is 8.18. The first kappa shape index (κ1) is 20.8. The zero-order chi connectivity index (χ0) is 21.0. The molecule has 0 saturated heterocycles. The molecule has 0 aromatic rings. The SMILES string of the molecule is C=C1CC23CCC4C(C)(C(=O)O)CCC(OCC(=O)C=CC)C4(C)C2CCC1C3. The summed E-state index contributed by atoms with van der Waals surface area (Å²) in [5, 5.41) is 10.2. The van der Waals surface area contributed by atoms with Crippen LogP contribution in [0.4, 0.5) is 0 Å². The van der Waals surface area contributed by atoms with E-state index in [0.29, 0.717) is 18.3 Å². The molecule has 4 aliphatic carbocycles. The zero-order valence-electron chi connectivity index (χ0n) is 18.2. The van der Waals surface area contributed by atoms with Crippen molar-refractivity contribution in [1.82, 2.24) is 0 Å². The summed E-state index contributed by atoms with van der Waals surface area (Å²) in [7, 11) is 0. The lowest BCUT2D eigenvalue weighted by Crippen LogP contribution is -2.63. The van der Waals surface area contributed by atoms with Crippen molar-refractivity contribution in [2.45, 2.75) is 78.2 Å². The van der Waals surface area contributed by atoms with Gasteiger partial charge in [0.1, 0.15) is 6.61 Å². The highest BCUT2D eigenvalue weighted by molar-refractivity contribution is 5.90. The Balaban J connectivity index is 1.71. The number of rotatable bonds is 5. The Hall–Kier alpha value is -1.42. The van der Waals surface area contributed by atoms with E-state index in [-0.39, 0.29) is 35.2 Å². The summed E-state index contributed by atoms with van der Waals surface area (Å²) in [5.74, 6) is 0.506. The zero-order valence-corrected chi connectivity index (χ0v) is 18.2. The molecular weight excluding hydrogens is 364 g/mol. The van der Waals surface area contributed by atoms with Crippen LogP contribution in [0.2, 0.25) is 0 Å². The van der Waals surface area contributed by atoms with Crippen molar-refractivity contribution < 1.29 is 19.4 Å². The molecule has 4 rings (SSSR count). The quantitative estimate of drug-likeness (QED) is 0.510. The van der Waals surface area contributed by atoms with Crippen LogP contribution in [0.3, 0.4) is 0 Å². The molecule has 1 N–H and O–H groups in total. The standard InChI is InChI=1S/C25H36O4/c1-5-6-18(26)15-29-21-10-11-23(3,22(27)28)19-9-12-25-13-16(2)17(14-25)7-8-20(25)24(19,21)4/h5-6,17,19-21H,2,7-15H2,1,3-4H3,(H,27,28). The van der Waals surface area contributed by atoms with Gasteiger partial charge in [0.25, 0.3) is 0 Å². The van der Waals surface area contributed by atoms with Gasteiger partial charge in [0.15, 0.2) is 5.78 Å². The maximum Gasteiger partial charge on any atom is 0.309 e. The van der Waals surface area contributed by atoms with Gasteiger partial charge in [-0.15, -0.1) is 0 Å². The molecule has 7 unspecified atom stereocenters. The maximum absolute atomic E-state index is 12.4. The summed E-state index contributed by atoms with van der Waals surface area (Å²) >= 11 is 0. The van der Waals surface area contributed by atoms with Crippen molar-refractivity contribution in [2.24, 2.45) is 34.0 Å². The average molecular weight is 401 g/mol. The predicted molar refractivity (Wildman–Crippen MR) is 112 cm³/mol. The van der Waals surface area contributed by atoms with E-state index in [1.54, 1.807) is 12.2 Å². The van der Waals surface area contributed by atoms with E-state index in [4.69, 9.17) is 4.74 Å². The number of carbonyl (C=O) groups is 2. The van der Waals surface area contributed by atoms with Crippen LogP contribution in [0.25, 0.3) is 0 Å². The number of ether oxygens (including phenoxy) is 1. The summed E-state index contributed by atoms with van der Waals surface area (Å²) in [5.41, 5.74) is 0.745. The number of carboxylic acids is 1. The molecule has 0 aromatic heterocycles. The van der Waals surface area contributed by atoms with Crippen molar-refractivity contribution in [3.63, 3.8) is 0 Å². The molecule has 4 nitrogen and oxygen atoms in total. The largest absolute Gasteiger partial charge is 0.481 e. The minimum atomic E-state index is -0.712. The maximum atomic E-state index is 12.4. The summed E-state index contributed by atoms with van der Waals surface area (Å²) in [6, 6.07) is 0. The number of carboxylic acid groups (broad SMARTS) is 1. The molecule has 0 aromatic carbocycles. The van der Waals surface area contributed by atoms with Crippen LogP contribution in [-0.4, -0.2) is 29.6 Å². The third-order valence-corrected chi connectivity index (χ3v) is 9.44. The van der Waals surface area contributed by atoms with Gasteiger partial charge in [0, 0.05) is 5.41 Å². The lowest BCUT2D eigenvalue weighted by Gasteiger charge is -2.65. The number of ketones is 1. The molecule has 0 radical (unpaired) electrons. The highest BCUT2D eigenvalue weighted by atomic mass is 16.5. The molecule has 7 atom stereocenters. The van der Waals surface area contributed by atoms with Gasteiger partial charge < -0.3 is 9.84 Å². The molecule has 4 aliphatic rings. The van der Waals surface area contributed by atoms with Crippen LogP contribution < -0.4 is 0 Å². The van der Waals surface area contributed by atoms with Crippen molar-refractivity contribution in [3.8, 4) is 0 Å². The van der Waals surface area contributed by atoms with Crippen molar-refractivity contribution in [3.05, 3.63) is 24.3 Å². The van der Waals surface area contributed by atoms with Gasteiger partial charge in [0.05, 0.1) is 11.5 Å². The van der Waals surface area contributed by atoms with Crippen molar-refractivity contribution in [2.75, 3.05) is 6.61 Å². The van der Waals surface area contributed by atoms with Crippen LogP contribution in [0, 0.1) is 34.0 Å². The van der Waals surface area contributed by atoms with E-state index in [1.807, 2.05) is 13.8 Å². The minimum Gasteiger partial charge on any atom is -0.481 e. The normalized spacial score (nSPS) is 46.4. The first-order valence-corrected chi connectivity index (χ1v) is 11.4. The molecular formula is C25H36O4. The summed E-state index contributed by atoms with van der Waals surface area (Å²) in [6.07, 6.45) is 11.3. The van der Waals surface area contributed by atoms with Crippen LogP contribution in [0.1, 0.15) is 72.1 Å². The minimum absolute atomic E-state index is 0.0114. The number of allylic oxidation sites excluding steroid dienone is 2. The molecule has 0 amide bonds. The average Bonchev–Trinajstić information content (AvgIpc) is 2.89. The Kier molecular flexibility index (Phi) is 5.08. The van der Waals surface area contributed by atoms with Crippen LogP contribution in [-0.2, 0) is 14.3 Å². The van der Waals surface area contributed by atoms with E-state index in [1.165, 1.54) is 18.4 Å². The monoisotopic (exact) mass is 400 g/mol. The molecule has 29 heavy (non-hydrogen) atoms. The van der Waals surface area contributed by atoms with E-state index in [0.717, 1.165) is 32.1 Å². The number of aliphatic carboxylic acids is 1. The Morgan fingerprint density at radius 2 is 1.93 bits per heavy atom. The molecule has 160 valence electrons. The predicted octanol–water partition coefficient (Wildman–Crippen LogP) is 5.18. The van der Waals surface area contributed by atoms with E-state index in [2.05, 4.69) is 13.5 Å². The van der Waals surface area contributed by atoms with Crippen LogP contribution in [0.5, 0.6) is 0 Å². The highest BCUT2D eigenvalue weighted by Gasteiger charge is 2.68. The van der Waals surface area contributed by atoms with Gasteiger partial charge in [-0.05, 0) is 94.5 Å². The molecule has 1 spiro atoms. The van der Waals surface area contributed by atoms with Crippen LogP contribution in [0.15, 0.2) is 24.3 Å². The topological polar surface area (TPSA) is 63.6 Å². The number of hydrogen-bond acceptors (Lipinski definition) is 3. The van der Waals surface area contributed by atoms with Gasteiger partial charge in [-0.1, -0.05) is 25.2 Å². The van der Waals surface area contributed by atoms with Gasteiger partial charge in [0.2, 0.25) is 0 Å². The second-order valence-corrected chi connectivity index (χ2v) is 10.7. The first-order chi connectivity index (χ1) is 13.7. The number of hydrogen-bond donors (Lipinski definition) is 1. The number of carbonyl (C=O) groups excluding carboxylic acids is 1.